The Balaban J connectivity index is 2.34. The van der Waals surface area contributed by atoms with Gasteiger partial charge in [-0.2, -0.15) is 0 Å². The number of hydrogen-bond donors (Lipinski definition) is 2. The number of rotatable bonds is 4. The van der Waals surface area contributed by atoms with Gasteiger partial charge in [0.05, 0.1) is 22.3 Å². The fourth-order valence-electron chi connectivity index (χ4n) is 1.48. The highest BCUT2D eigenvalue weighted by molar-refractivity contribution is 9.10. The van der Waals surface area contributed by atoms with Crippen molar-refractivity contribution in [2.45, 2.75) is 6.54 Å². The lowest BCUT2D eigenvalue weighted by Crippen LogP contribution is -2.09. The summed E-state index contributed by atoms with van der Waals surface area (Å²) in [6.45, 7) is 0.189. The second-order valence-electron chi connectivity index (χ2n) is 3.65. The average molecular weight is 384 g/mol. The number of halogens is 4. The van der Waals surface area contributed by atoms with Gasteiger partial charge in [0.2, 0.25) is 0 Å². The summed E-state index contributed by atoms with van der Waals surface area (Å²) in [4.78, 5) is 15.6. The molecule has 106 valence electrons. The topological polar surface area (TPSA) is 62.2 Å². The van der Waals surface area contributed by atoms with Crippen molar-refractivity contribution < 1.29 is 18.7 Å². The molecule has 0 fully saturated rings. The molecular weight excluding hydrogens is 378 g/mol. The molecule has 0 aliphatic carbocycles. The van der Waals surface area contributed by atoms with E-state index in [0.29, 0.717) is 10.5 Å². The van der Waals surface area contributed by atoms with Crippen LogP contribution < -0.4 is 5.32 Å². The number of hydrogen-bond acceptors (Lipinski definition) is 4. The Morgan fingerprint density at radius 2 is 2.25 bits per heavy atom. The van der Waals surface area contributed by atoms with Gasteiger partial charge in [0.1, 0.15) is 0 Å². The van der Waals surface area contributed by atoms with E-state index in [1.54, 1.807) is 0 Å². The molecule has 9 heteroatoms. The molecule has 0 saturated carbocycles. The molecule has 2 aromatic rings. The molecule has 0 spiro atoms. The van der Waals surface area contributed by atoms with E-state index in [1.807, 2.05) is 0 Å². The summed E-state index contributed by atoms with van der Waals surface area (Å²) in [6, 6.07) is 0.629. The molecule has 0 saturated heterocycles. The lowest BCUT2D eigenvalue weighted by atomic mass is 10.1. The zero-order valence-electron chi connectivity index (χ0n) is 9.58. The van der Waals surface area contributed by atoms with Gasteiger partial charge in [0, 0.05) is 11.1 Å². The van der Waals surface area contributed by atoms with E-state index in [4.69, 9.17) is 16.7 Å². The Bertz CT molecular complexity index is 681. The van der Waals surface area contributed by atoms with Crippen molar-refractivity contribution in [1.82, 2.24) is 4.98 Å². The van der Waals surface area contributed by atoms with E-state index in [9.17, 15) is 13.6 Å². The van der Waals surface area contributed by atoms with Gasteiger partial charge in [-0.3, -0.25) is 0 Å². The molecule has 1 aromatic carbocycles. The predicted molar refractivity (Wildman–Crippen MR) is 75.5 cm³/mol. The molecule has 2 rings (SSSR count). The number of nitrogens with zero attached hydrogens (tertiary/aromatic N) is 1. The minimum Gasteiger partial charge on any atom is -0.478 e. The summed E-state index contributed by atoms with van der Waals surface area (Å²) in [7, 11) is 0. The van der Waals surface area contributed by atoms with Crippen molar-refractivity contribution in [3.05, 3.63) is 43.3 Å². The normalized spacial score (nSPS) is 10.6. The van der Waals surface area contributed by atoms with Crippen molar-refractivity contribution in [2.24, 2.45) is 0 Å². The number of carbonyl (C=O) groups is 1. The smallest absolute Gasteiger partial charge is 0.337 e. The highest BCUT2D eigenvalue weighted by Crippen LogP contribution is 2.32. The number of anilines is 1. The van der Waals surface area contributed by atoms with Crippen LogP contribution >= 0.6 is 38.9 Å². The average Bonchev–Trinajstić information content (AvgIpc) is 2.80. The van der Waals surface area contributed by atoms with Gasteiger partial charge >= 0.3 is 5.97 Å². The lowest BCUT2D eigenvalue weighted by molar-refractivity contribution is 0.0697. The second kappa shape index (κ2) is 6.02. The molecule has 1 aromatic heterocycles. The molecule has 0 atom stereocenters. The maximum Gasteiger partial charge on any atom is 0.337 e. The van der Waals surface area contributed by atoms with Crippen LogP contribution in [0.25, 0.3) is 0 Å². The first-order valence-electron chi connectivity index (χ1n) is 5.15. The van der Waals surface area contributed by atoms with Gasteiger partial charge in [-0.15, -0.1) is 11.3 Å². The monoisotopic (exact) mass is 382 g/mol. The van der Waals surface area contributed by atoms with E-state index in [-0.39, 0.29) is 22.3 Å². The standard InChI is InChI=1S/C11H6BrClF2N2O2S/c12-7-8(15)6(14)1-5(10(18)19)9(7)16-2-4-3-17-11(13)20-4/h1,3,16H,2H2,(H,18,19). The first-order chi connectivity index (χ1) is 9.40. The van der Waals surface area contributed by atoms with Crippen molar-refractivity contribution in [1.29, 1.82) is 0 Å². The van der Waals surface area contributed by atoms with Crippen molar-refractivity contribution >= 4 is 50.5 Å². The van der Waals surface area contributed by atoms with Gasteiger partial charge in [-0.25, -0.2) is 18.6 Å². The molecule has 0 amide bonds. The highest BCUT2D eigenvalue weighted by atomic mass is 79.9. The van der Waals surface area contributed by atoms with Crippen LogP contribution in [0.1, 0.15) is 15.2 Å². The summed E-state index contributed by atoms with van der Waals surface area (Å²) in [5.74, 6) is -3.75. The van der Waals surface area contributed by atoms with E-state index < -0.39 is 17.6 Å². The zero-order valence-corrected chi connectivity index (χ0v) is 12.7. The minimum atomic E-state index is -1.37. The van der Waals surface area contributed by atoms with Gasteiger partial charge in [-0.1, -0.05) is 11.6 Å². The number of aromatic nitrogens is 1. The lowest BCUT2D eigenvalue weighted by Gasteiger charge is -2.12. The first-order valence-corrected chi connectivity index (χ1v) is 7.13. The van der Waals surface area contributed by atoms with Crippen LogP contribution in [0.5, 0.6) is 0 Å². The van der Waals surface area contributed by atoms with E-state index in [1.165, 1.54) is 17.5 Å². The fourth-order valence-corrected chi connectivity index (χ4v) is 2.94. The number of nitrogens with one attached hydrogen (secondary N) is 1. The molecule has 1 heterocycles. The Kier molecular flexibility index (Phi) is 4.56. The van der Waals surface area contributed by atoms with Crippen LogP contribution in [0, 0.1) is 11.6 Å². The van der Waals surface area contributed by atoms with Crippen molar-refractivity contribution in [2.75, 3.05) is 5.32 Å². The second-order valence-corrected chi connectivity index (χ2v) is 6.14. The molecule has 20 heavy (non-hydrogen) atoms. The SMILES string of the molecule is O=C(O)c1cc(F)c(F)c(Br)c1NCc1cnc(Cl)s1. The number of carboxylic acids is 1. The van der Waals surface area contributed by atoms with Gasteiger partial charge in [0.15, 0.2) is 16.1 Å². The fraction of sp³-hybridized carbons (Fsp3) is 0.0909. The number of benzene rings is 1. The maximum atomic E-state index is 13.5. The molecule has 0 aliphatic rings. The molecule has 0 bridgehead atoms. The third-order valence-electron chi connectivity index (χ3n) is 2.36. The molecule has 2 N–H and O–H groups in total. The quantitative estimate of drug-likeness (QED) is 0.779. The maximum absolute atomic E-state index is 13.5. The molecule has 0 aliphatic heterocycles. The zero-order chi connectivity index (χ0) is 14.9. The third kappa shape index (κ3) is 3.08. The first kappa shape index (κ1) is 15.1. The highest BCUT2D eigenvalue weighted by Gasteiger charge is 2.20. The molecule has 0 unspecified atom stereocenters. The summed E-state index contributed by atoms with van der Waals surface area (Å²) in [5.41, 5.74) is -0.410. The van der Waals surface area contributed by atoms with Crippen LogP contribution in [-0.2, 0) is 6.54 Å². The van der Waals surface area contributed by atoms with Gasteiger partial charge in [0.25, 0.3) is 0 Å². The Morgan fingerprint density at radius 1 is 1.55 bits per heavy atom. The van der Waals surface area contributed by atoms with Crippen LogP contribution in [0.4, 0.5) is 14.5 Å². The van der Waals surface area contributed by atoms with Gasteiger partial charge in [-0.05, 0) is 22.0 Å². The molecular formula is C11H6BrClF2N2O2S. The summed E-state index contributed by atoms with van der Waals surface area (Å²) >= 11 is 9.71. The van der Waals surface area contributed by atoms with Crippen molar-refractivity contribution in [3.63, 3.8) is 0 Å². The Hall–Kier alpha value is -1.25. The predicted octanol–water partition coefficient (Wildman–Crippen LogP) is 4.15. The van der Waals surface area contributed by atoms with E-state index in [2.05, 4.69) is 26.2 Å². The van der Waals surface area contributed by atoms with Gasteiger partial charge < -0.3 is 10.4 Å². The third-order valence-corrected chi connectivity index (χ3v) is 4.22. The Morgan fingerprint density at radius 3 is 2.80 bits per heavy atom. The van der Waals surface area contributed by atoms with Crippen molar-refractivity contribution in [3.8, 4) is 0 Å². The number of aromatic carboxylic acids is 1. The van der Waals surface area contributed by atoms with E-state index in [0.717, 1.165) is 4.88 Å². The molecule has 4 nitrogen and oxygen atoms in total. The number of carboxylic acid groups (broad SMARTS) is 1. The molecule has 0 radical (unpaired) electrons. The number of thiazole rings is 1. The summed E-state index contributed by atoms with van der Waals surface area (Å²) in [6.07, 6.45) is 1.51. The van der Waals surface area contributed by atoms with Crippen LogP contribution in [0.3, 0.4) is 0 Å². The largest absolute Gasteiger partial charge is 0.478 e. The summed E-state index contributed by atoms with van der Waals surface area (Å²) < 4.78 is 26.8. The summed E-state index contributed by atoms with van der Waals surface area (Å²) in [5, 5.41) is 11.8. The Labute approximate surface area is 129 Å². The van der Waals surface area contributed by atoms with Crippen LogP contribution in [0.2, 0.25) is 4.47 Å². The van der Waals surface area contributed by atoms with Crippen LogP contribution in [-0.4, -0.2) is 16.1 Å². The van der Waals surface area contributed by atoms with E-state index >= 15 is 0 Å². The minimum absolute atomic E-state index is 0.0408. The van der Waals surface area contributed by atoms with Crippen LogP contribution in [0.15, 0.2) is 16.7 Å².